The van der Waals surface area contributed by atoms with Gasteiger partial charge in [0, 0.05) is 65.3 Å². The quantitative estimate of drug-likeness (QED) is 0.335. The average molecular weight is 441 g/mol. The fourth-order valence-electron chi connectivity index (χ4n) is 4.70. The van der Waals surface area contributed by atoms with Crippen LogP contribution >= 0.6 is 0 Å². The lowest BCUT2D eigenvalue weighted by atomic mass is 9.95. The Morgan fingerprint density at radius 3 is 2.09 bits per heavy atom. The number of aromatic nitrogens is 2. The molecule has 0 radical (unpaired) electrons. The molecule has 5 rings (SSSR count). The molecule has 3 heterocycles. The highest BCUT2D eigenvalue weighted by molar-refractivity contribution is 6.50. The number of unbranched alkanes of at least 4 members (excludes halogenated alkanes) is 1. The molecule has 166 valence electrons. The van der Waals surface area contributed by atoms with E-state index in [1.165, 1.54) is 0 Å². The largest absolute Gasteiger partial charge is 0.481 e. The monoisotopic (exact) mass is 441 g/mol. The van der Waals surface area contributed by atoms with Crippen molar-refractivity contribution in [3.63, 3.8) is 0 Å². The zero-order valence-corrected chi connectivity index (χ0v) is 18.2. The molecule has 7 heteroatoms. The molecular formula is C26H23N3O4. The van der Waals surface area contributed by atoms with Crippen molar-refractivity contribution >= 4 is 50.7 Å². The van der Waals surface area contributed by atoms with Gasteiger partial charge >= 0.3 is 5.97 Å². The van der Waals surface area contributed by atoms with Crippen molar-refractivity contribution in [2.24, 2.45) is 7.05 Å². The van der Waals surface area contributed by atoms with Crippen LogP contribution in [0, 0.1) is 0 Å². The molecule has 0 saturated carbocycles. The summed E-state index contributed by atoms with van der Waals surface area (Å²) in [6, 6.07) is 15.6. The number of nitrogens with zero attached hydrogens (tertiary/aromatic N) is 2. The minimum atomic E-state index is -0.806. The van der Waals surface area contributed by atoms with E-state index in [0.717, 1.165) is 27.4 Å². The molecule has 33 heavy (non-hydrogen) atoms. The maximum atomic E-state index is 13.0. The van der Waals surface area contributed by atoms with Gasteiger partial charge < -0.3 is 14.2 Å². The Balaban J connectivity index is 1.67. The minimum absolute atomic E-state index is 0.124. The third-order valence-corrected chi connectivity index (χ3v) is 6.20. The summed E-state index contributed by atoms with van der Waals surface area (Å²) < 4.78 is 3.99. The number of hydrogen-bond acceptors (Lipinski definition) is 3. The van der Waals surface area contributed by atoms with E-state index >= 15 is 0 Å². The lowest BCUT2D eigenvalue weighted by molar-refractivity contribution is -0.137. The Kier molecular flexibility index (Phi) is 5.09. The molecule has 0 saturated heterocycles. The predicted octanol–water partition coefficient (Wildman–Crippen LogP) is 3.96. The molecule has 0 spiro atoms. The molecule has 0 fully saturated rings. The van der Waals surface area contributed by atoms with Gasteiger partial charge in [-0.05, 0) is 25.0 Å². The molecule has 2 amide bonds. The normalized spacial score (nSPS) is 14.0. The molecule has 2 aromatic heterocycles. The molecule has 2 N–H and O–H groups in total. The van der Waals surface area contributed by atoms with Gasteiger partial charge in [0.2, 0.25) is 0 Å². The molecule has 0 bridgehead atoms. The van der Waals surface area contributed by atoms with Crippen LogP contribution in [0.3, 0.4) is 0 Å². The van der Waals surface area contributed by atoms with Crippen LogP contribution in [0.4, 0.5) is 0 Å². The second-order valence-electron chi connectivity index (χ2n) is 8.31. The highest BCUT2D eigenvalue weighted by Crippen LogP contribution is 2.38. The summed E-state index contributed by atoms with van der Waals surface area (Å²) in [5.74, 6) is -1.61. The van der Waals surface area contributed by atoms with Gasteiger partial charge in [0.05, 0.1) is 11.1 Å². The highest BCUT2D eigenvalue weighted by Gasteiger charge is 2.35. The van der Waals surface area contributed by atoms with Crippen LogP contribution in [0.1, 0.15) is 30.4 Å². The number of amides is 2. The summed E-state index contributed by atoms with van der Waals surface area (Å²) >= 11 is 0. The number of hydrogen-bond donors (Lipinski definition) is 2. The number of imide groups is 1. The van der Waals surface area contributed by atoms with Gasteiger partial charge in [-0.1, -0.05) is 36.4 Å². The zero-order valence-electron chi connectivity index (χ0n) is 18.2. The first-order valence-corrected chi connectivity index (χ1v) is 10.9. The minimum Gasteiger partial charge on any atom is -0.481 e. The standard InChI is InChI=1S/C26H23N3O4/c1-28-14-18(16-8-2-4-10-20(16)28)23-24(26(33)27-25(23)32)19-15-29(13-7-6-12-22(30)31)21-11-5-3-9-17(19)21/h2-5,8-11,14-15H,6-7,12-13H2,1H3,(H,30,31)(H,27,32,33). The summed E-state index contributed by atoms with van der Waals surface area (Å²) in [4.78, 5) is 36.8. The van der Waals surface area contributed by atoms with E-state index < -0.39 is 17.8 Å². The summed E-state index contributed by atoms with van der Waals surface area (Å²) in [5.41, 5.74) is 4.11. The lowest BCUT2D eigenvalue weighted by Gasteiger charge is -2.04. The lowest BCUT2D eigenvalue weighted by Crippen LogP contribution is -2.22. The number of rotatable bonds is 7. The Morgan fingerprint density at radius 1 is 0.848 bits per heavy atom. The fourth-order valence-corrected chi connectivity index (χ4v) is 4.70. The number of aryl methyl sites for hydroxylation is 2. The summed E-state index contributed by atoms with van der Waals surface area (Å²) in [6.07, 6.45) is 5.19. The number of carbonyl (C=O) groups is 3. The van der Waals surface area contributed by atoms with E-state index in [2.05, 4.69) is 5.32 Å². The third-order valence-electron chi connectivity index (χ3n) is 6.20. The van der Waals surface area contributed by atoms with Gasteiger partial charge in [-0.25, -0.2) is 0 Å². The SMILES string of the molecule is Cn1cc(C2=C(c3cn(CCCCC(=O)O)c4ccccc34)C(=O)NC2=O)c2ccccc21. The second kappa shape index (κ2) is 8.09. The first kappa shape index (κ1) is 20.8. The van der Waals surface area contributed by atoms with E-state index in [9.17, 15) is 14.4 Å². The average Bonchev–Trinajstić information content (AvgIpc) is 3.42. The number of carboxylic acid groups (broad SMARTS) is 1. The molecule has 7 nitrogen and oxygen atoms in total. The highest BCUT2D eigenvalue weighted by atomic mass is 16.4. The maximum Gasteiger partial charge on any atom is 0.303 e. The maximum absolute atomic E-state index is 13.0. The van der Waals surface area contributed by atoms with Crippen molar-refractivity contribution in [3.8, 4) is 0 Å². The van der Waals surface area contributed by atoms with Crippen LogP contribution in [0.15, 0.2) is 60.9 Å². The molecule has 1 aliphatic heterocycles. The first-order valence-electron chi connectivity index (χ1n) is 10.9. The smallest absolute Gasteiger partial charge is 0.303 e. The summed E-state index contributed by atoms with van der Waals surface area (Å²) in [6.45, 7) is 0.625. The van der Waals surface area contributed by atoms with Gasteiger partial charge in [-0.2, -0.15) is 0 Å². The number of nitrogens with one attached hydrogen (secondary N) is 1. The van der Waals surface area contributed by atoms with Crippen molar-refractivity contribution < 1.29 is 19.5 Å². The molecule has 2 aromatic carbocycles. The Hall–Kier alpha value is -4.13. The van der Waals surface area contributed by atoms with Crippen molar-refractivity contribution in [1.29, 1.82) is 0 Å². The van der Waals surface area contributed by atoms with Gasteiger partial charge in [0.15, 0.2) is 0 Å². The van der Waals surface area contributed by atoms with Crippen LogP contribution < -0.4 is 5.32 Å². The van der Waals surface area contributed by atoms with Crippen molar-refractivity contribution in [2.75, 3.05) is 0 Å². The first-order chi connectivity index (χ1) is 16.0. The Bertz CT molecular complexity index is 1470. The second-order valence-corrected chi connectivity index (χ2v) is 8.31. The van der Waals surface area contributed by atoms with E-state index in [-0.39, 0.29) is 6.42 Å². The van der Waals surface area contributed by atoms with E-state index in [4.69, 9.17) is 5.11 Å². The Labute approximate surface area is 189 Å². The van der Waals surface area contributed by atoms with Crippen molar-refractivity contribution in [1.82, 2.24) is 14.5 Å². The van der Waals surface area contributed by atoms with E-state index in [0.29, 0.717) is 36.1 Å². The topological polar surface area (TPSA) is 93.3 Å². The number of aliphatic carboxylic acids is 1. The predicted molar refractivity (Wildman–Crippen MR) is 126 cm³/mol. The zero-order chi connectivity index (χ0) is 23.1. The molecule has 0 atom stereocenters. The number of para-hydroxylation sites is 2. The molecular weight excluding hydrogens is 418 g/mol. The molecule has 1 aliphatic rings. The summed E-state index contributed by atoms with van der Waals surface area (Å²) in [7, 11) is 1.92. The van der Waals surface area contributed by atoms with Gasteiger partial charge in [-0.15, -0.1) is 0 Å². The number of carbonyl (C=O) groups excluding carboxylic acids is 2. The van der Waals surface area contributed by atoms with Crippen LogP contribution in [0.5, 0.6) is 0 Å². The van der Waals surface area contributed by atoms with Gasteiger partial charge in [0.1, 0.15) is 0 Å². The molecule has 4 aromatic rings. The fraction of sp³-hybridized carbons (Fsp3) is 0.192. The van der Waals surface area contributed by atoms with Crippen LogP contribution in [-0.4, -0.2) is 32.0 Å². The summed E-state index contributed by atoms with van der Waals surface area (Å²) in [5, 5.41) is 13.2. The van der Waals surface area contributed by atoms with Crippen molar-refractivity contribution in [3.05, 3.63) is 72.1 Å². The van der Waals surface area contributed by atoms with Crippen molar-refractivity contribution in [2.45, 2.75) is 25.8 Å². The number of fused-ring (bicyclic) bond motifs is 2. The van der Waals surface area contributed by atoms with Crippen LogP contribution in [-0.2, 0) is 28.0 Å². The molecule has 0 aliphatic carbocycles. The van der Waals surface area contributed by atoms with Crippen LogP contribution in [0.2, 0.25) is 0 Å². The number of benzene rings is 2. The van der Waals surface area contributed by atoms with E-state index in [1.807, 2.05) is 77.1 Å². The number of carboxylic acids is 1. The van der Waals surface area contributed by atoms with Gasteiger partial charge in [-0.3, -0.25) is 19.7 Å². The van der Waals surface area contributed by atoms with E-state index in [1.54, 1.807) is 0 Å². The van der Waals surface area contributed by atoms with Gasteiger partial charge in [0.25, 0.3) is 11.8 Å². The molecule has 0 unspecified atom stereocenters. The van der Waals surface area contributed by atoms with Crippen LogP contribution in [0.25, 0.3) is 33.0 Å². The third kappa shape index (κ3) is 3.51. The Morgan fingerprint density at radius 2 is 1.42 bits per heavy atom.